The van der Waals surface area contributed by atoms with Crippen molar-refractivity contribution in [2.24, 2.45) is 0 Å². The van der Waals surface area contributed by atoms with E-state index in [1.165, 1.54) is 11.3 Å². The third-order valence-electron chi connectivity index (χ3n) is 3.89. The summed E-state index contributed by atoms with van der Waals surface area (Å²) < 4.78 is 5.29. The maximum absolute atomic E-state index is 12.5. The van der Waals surface area contributed by atoms with Crippen molar-refractivity contribution in [3.8, 4) is 0 Å². The number of halogens is 1. The normalized spacial score (nSPS) is 18.4. The number of nitrogens with one attached hydrogen (secondary N) is 1. The number of nitrogens with zero attached hydrogens (tertiary/aromatic N) is 1. The number of amides is 1. The highest BCUT2D eigenvalue weighted by Crippen LogP contribution is 2.35. The van der Waals surface area contributed by atoms with Gasteiger partial charge in [-0.3, -0.25) is 4.79 Å². The Kier molecular flexibility index (Phi) is 3.90. The molecule has 1 fully saturated rings. The molecule has 3 heterocycles. The Morgan fingerprint density at radius 1 is 1.38 bits per heavy atom. The molecule has 6 heteroatoms. The SMILES string of the molecule is Cc1nc2sc(C(=O)NC3CCOC3)c(C)c2c(C)c1Cl. The van der Waals surface area contributed by atoms with Crippen molar-refractivity contribution < 1.29 is 9.53 Å². The molecule has 0 radical (unpaired) electrons. The summed E-state index contributed by atoms with van der Waals surface area (Å²) >= 11 is 7.71. The molecule has 0 spiro atoms. The summed E-state index contributed by atoms with van der Waals surface area (Å²) in [4.78, 5) is 18.6. The summed E-state index contributed by atoms with van der Waals surface area (Å²) in [5.41, 5.74) is 2.76. The fraction of sp³-hybridized carbons (Fsp3) is 0.467. The molecule has 21 heavy (non-hydrogen) atoms. The fourth-order valence-electron chi connectivity index (χ4n) is 2.72. The zero-order chi connectivity index (χ0) is 15.1. The van der Waals surface area contributed by atoms with E-state index in [1.807, 2.05) is 20.8 Å². The molecule has 1 unspecified atom stereocenters. The molecule has 1 atom stereocenters. The minimum Gasteiger partial charge on any atom is -0.379 e. The van der Waals surface area contributed by atoms with Crippen LogP contribution in [0.15, 0.2) is 0 Å². The van der Waals surface area contributed by atoms with Crippen molar-refractivity contribution in [2.45, 2.75) is 33.2 Å². The molecule has 4 nitrogen and oxygen atoms in total. The third-order valence-corrected chi connectivity index (χ3v) is 5.63. The van der Waals surface area contributed by atoms with E-state index in [4.69, 9.17) is 16.3 Å². The number of carbonyl (C=O) groups is 1. The largest absolute Gasteiger partial charge is 0.379 e. The second kappa shape index (κ2) is 5.55. The van der Waals surface area contributed by atoms with Gasteiger partial charge in [-0.25, -0.2) is 4.98 Å². The van der Waals surface area contributed by atoms with Gasteiger partial charge in [0.15, 0.2) is 0 Å². The van der Waals surface area contributed by atoms with Gasteiger partial charge in [0.1, 0.15) is 4.83 Å². The molecule has 0 aliphatic carbocycles. The predicted octanol–water partition coefficient (Wildman–Crippen LogP) is 3.39. The van der Waals surface area contributed by atoms with Crippen LogP contribution >= 0.6 is 22.9 Å². The summed E-state index contributed by atoms with van der Waals surface area (Å²) in [6, 6.07) is 0.112. The molecule has 1 N–H and O–H groups in total. The first-order chi connectivity index (χ1) is 9.99. The van der Waals surface area contributed by atoms with Crippen LogP contribution in [-0.4, -0.2) is 30.1 Å². The zero-order valence-corrected chi connectivity index (χ0v) is 13.8. The number of hydrogen-bond acceptors (Lipinski definition) is 4. The molecule has 2 aromatic heterocycles. The predicted molar refractivity (Wildman–Crippen MR) is 85.5 cm³/mol. The lowest BCUT2D eigenvalue weighted by Crippen LogP contribution is -2.34. The highest BCUT2D eigenvalue weighted by Gasteiger charge is 2.23. The van der Waals surface area contributed by atoms with Crippen LogP contribution in [0.25, 0.3) is 10.2 Å². The van der Waals surface area contributed by atoms with Gasteiger partial charge in [0.05, 0.1) is 28.2 Å². The van der Waals surface area contributed by atoms with E-state index in [0.29, 0.717) is 23.1 Å². The summed E-state index contributed by atoms with van der Waals surface area (Å²) in [6.45, 7) is 7.13. The molecule has 112 valence electrons. The Morgan fingerprint density at radius 3 is 2.81 bits per heavy atom. The fourth-order valence-corrected chi connectivity index (χ4v) is 4.04. The summed E-state index contributed by atoms with van der Waals surface area (Å²) in [5.74, 6) is -0.0424. The molecule has 3 rings (SSSR count). The van der Waals surface area contributed by atoms with Crippen molar-refractivity contribution in [1.82, 2.24) is 10.3 Å². The van der Waals surface area contributed by atoms with E-state index >= 15 is 0 Å². The molecule has 1 aliphatic rings. The number of aromatic nitrogens is 1. The van der Waals surface area contributed by atoms with Gasteiger partial charge in [0.2, 0.25) is 0 Å². The van der Waals surface area contributed by atoms with E-state index in [2.05, 4.69) is 10.3 Å². The van der Waals surface area contributed by atoms with Crippen LogP contribution in [0.4, 0.5) is 0 Å². The Morgan fingerprint density at radius 2 is 2.14 bits per heavy atom. The topological polar surface area (TPSA) is 51.2 Å². The number of aryl methyl sites for hydroxylation is 3. The van der Waals surface area contributed by atoms with Gasteiger partial charge >= 0.3 is 0 Å². The van der Waals surface area contributed by atoms with Gasteiger partial charge in [0.25, 0.3) is 5.91 Å². The molecule has 1 aliphatic heterocycles. The first kappa shape index (κ1) is 14.8. The van der Waals surface area contributed by atoms with E-state index in [-0.39, 0.29) is 11.9 Å². The van der Waals surface area contributed by atoms with Crippen molar-refractivity contribution in [3.05, 3.63) is 26.7 Å². The number of hydrogen-bond donors (Lipinski definition) is 1. The van der Waals surface area contributed by atoms with E-state index in [1.54, 1.807) is 0 Å². The zero-order valence-electron chi connectivity index (χ0n) is 12.2. The first-order valence-corrected chi connectivity index (χ1v) is 8.13. The van der Waals surface area contributed by atoms with Gasteiger partial charge in [-0.1, -0.05) is 11.6 Å². The van der Waals surface area contributed by atoms with Gasteiger partial charge in [-0.15, -0.1) is 11.3 Å². The van der Waals surface area contributed by atoms with Crippen molar-refractivity contribution >= 4 is 39.1 Å². The van der Waals surface area contributed by atoms with Gasteiger partial charge in [-0.05, 0) is 38.3 Å². The highest BCUT2D eigenvalue weighted by atomic mass is 35.5. The lowest BCUT2D eigenvalue weighted by atomic mass is 10.1. The summed E-state index contributed by atoms with van der Waals surface area (Å²) in [6.07, 6.45) is 0.873. The molecule has 1 amide bonds. The van der Waals surface area contributed by atoms with E-state index < -0.39 is 0 Å². The number of rotatable bonds is 2. The Bertz CT molecular complexity index is 720. The minimum absolute atomic E-state index is 0.0424. The lowest BCUT2D eigenvalue weighted by molar-refractivity contribution is 0.0933. The monoisotopic (exact) mass is 324 g/mol. The van der Waals surface area contributed by atoms with Crippen LogP contribution in [-0.2, 0) is 4.74 Å². The number of fused-ring (bicyclic) bond motifs is 1. The van der Waals surface area contributed by atoms with E-state index in [9.17, 15) is 4.79 Å². The third kappa shape index (κ3) is 2.54. The maximum atomic E-state index is 12.5. The Hall–Kier alpha value is -1.17. The van der Waals surface area contributed by atoms with E-state index in [0.717, 1.165) is 33.5 Å². The Labute approximate surface area is 132 Å². The van der Waals surface area contributed by atoms with Crippen LogP contribution < -0.4 is 5.32 Å². The Balaban J connectivity index is 2.01. The highest BCUT2D eigenvalue weighted by molar-refractivity contribution is 7.20. The molecule has 0 aromatic carbocycles. The lowest BCUT2D eigenvalue weighted by Gasteiger charge is -2.09. The molecule has 2 aromatic rings. The molecular formula is C15H17ClN2O2S. The second-order valence-electron chi connectivity index (χ2n) is 5.41. The van der Waals surface area contributed by atoms with Crippen LogP contribution in [0.2, 0.25) is 5.02 Å². The number of ether oxygens (including phenoxy) is 1. The average Bonchev–Trinajstić information content (AvgIpc) is 3.04. The molecule has 1 saturated heterocycles. The number of thiophene rings is 1. The second-order valence-corrected chi connectivity index (χ2v) is 6.78. The first-order valence-electron chi connectivity index (χ1n) is 6.93. The van der Waals surface area contributed by atoms with Crippen molar-refractivity contribution in [3.63, 3.8) is 0 Å². The smallest absolute Gasteiger partial charge is 0.262 e. The quantitative estimate of drug-likeness (QED) is 0.921. The van der Waals surface area contributed by atoms with Crippen LogP contribution in [0.5, 0.6) is 0 Å². The molecule has 0 saturated carbocycles. The number of pyridine rings is 1. The van der Waals surface area contributed by atoms with Crippen LogP contribution in [0, 0.1) is 20.8 Å². The van der Waals surface area contributed by atoms with Gasteiger partial charge < -0.3 is 10.1 Å². The van der Waals surface area contributed by atoms with Gasteiger partial charge in [0, 0.05) is 12.0 Å². The number of carbonyl (C=O) groups excluding carboxylic acids is 1. The maximum Gasteiger partial charge on any atom is 0.262 e. The van der Waals surface area contributed by atoms with Gasteiger partial charge in [-0.2, -0.15) is 0 Å². The standard InChI is InChI=1S/C15H17ClN2O2S/c1-7-11-8(2)13(14(19)18-10-4-5-20-6-10)21-15(11)17-9(3)12(7)16/h10H,4-6H2,1-3H3,(H,18,19). The molecular weight excluding hydrogens is 308 g/mol. The summed E-state index contributed by atoms with van der Waals surface area (Å²) in [7, 11) is 0. The molecule has 0 bridgehead atoms. The van der Waals surface area contributed by atoms with Crippen LogP contribution in [0.1, 0.15) is 32.9 Å². The van der Waals surface area contributed by atoms with Crippen LogP contribution in [0.3, 0.4) is 0 Å². The van der Waals surface area contributed by atoms with Crippen molar-refractivity contribution in [1.29, 1.82) is 0 Å². The summed E-state index contributed by atoms with van der Waals surface area (Å²) in [5, 5.41) is 4.71. The van der Waals surface area contributed by atoms with Crippen molar-refractivity contribution in [2.75, 3.05) is 13.2 Å². The average molecular weight is 325 g/mol. The minimum atomic E-state index is -0.0424.